The van der Waals surface area contributed by atoms with Gasteiger partial charge in [0.15, 0.2) is 0 Å². The summed E-state index contributed by atoms with van der Waals surface area (Å²) in [5.74, 6) is 0.255. The molecule has 4 aromatic rings. The summed E-state index contributed by atoms with van der Waals surface area (Å²) in [6, 6.07) is 37.9. The number of para-hydroxylation sites is 1. The lowest BCUT2D eigenvalue weighted by Crippen LogP contribution is -2.12. The van der Waals surface area contributed by atoms with E-state index >= 15 is 0 Å². The first-order valence-electron chi connectivity index (χ1n) is 11.1. The molecule has 4 nitrogen and oxygen atoms in total. The molecule has 2 aliphatic heterocycles. The fourth-order valence-electron chi connectivity index (χ4n) is 4.73. The summed E-state index contributed by atoms with van der Waals surface area (Å²) < 4.78 is 5.87. The number of benzene rings is 4. The highest BCUT2D eigenvalue weighted by Crippen LogP contribution is 2.57. The molecule has 2 heterocycles. The smallest absolute Gasteiger partial charge is 0.343 e. The number of hydrogen-bond donors (Lipinski definition) is 0. The second-order valence-electron chi connectivity index (χ2n) is 8.29. The summed E-state index contributed by atoms with van der Waals surface area (Å²) in [7, 11) is 0. The molecule has 4 heteroatoms. The van der Waals surface area contributed by atoms with E-state index in [4.69, 9.17) is 9.73 Å². The Bertz CT molecular complexity index is 1320. The maximum atomic E-state index is 12.8. The van der Waals surface area contributed by atoms with Gasteiger partial charge in [0.25, 0.3) is 0 Å². The van der Waals surface area contributed by atoms with E-state index in [0.29, 0.717) is 11.3 Å². The van der Waals surface area contributed by atoms with Crippen LogP contribution in [0.4, 0.5) is 0 Å². The minimum absolute atomic E-state index is 0.0608. The fourth-order valence-corrected chi connectivity index (χ4v) is 4.73. The van der Waals surface area contributed by atoms with Crippen LogP contribution in [-0.2, 0) is 0 Å². The molecule has 4 unspecified atom stereocenters. The minimum atomic E-state index is -0.347. The van der Waals surface area contributed by atoms with Gasteiger partial charge in [-0.15, -0.1) is 0 Å². The first-order chi connectivity index (χ1) is 16.3. The Morgan fingerprint density at radius 2 is 1.30 bits per heavy atom. The molecule has 160 valence electrons. The highest BCUT2D eigenvalue weighted by molar-refractivity contribution is 6.08. The zero-order valence-corrected chi connectivity index (χ0v) is 17.9. The molecule has 0 bridgehead atoms. The van der Waals surface area contributed by atoms with Crippen molar-refractivity contribution in [3.63, 3.8) is 0 Å². The van der Waals surface area contributed by atoms with Crippen molar-refractivity contribution in [3.8, 4) is 5.75 Å². The maximum absolute atomic E-state index is 12.8. The molecule has 0 aromatic heterocycles. The molecule has 1 saturated heterocycles. The molecule has 0 amide bonds. The zero-order chi connectivity index (χ0) is 22.2. The van der Waals surface area contributed by atoms with Crippen LogP contribution in [0, 0.1) is 0 Å². The number of ether oxygens (including phenoxy) is 1. The van der Waals surface area contributed by atoms with Gasteiger partial charge < -0.3 is 4.74 Å². The minimum Gasteiger partial charge on any atom is -0.423 e. The Hall–Kier alpha value is -4.02. The van der Waals surface area contributed by atoms with Gasteiger partial charge in [-0.3, -0.25) is 9.89 Å². The highest BCUT2D eigenvalue weighted by atomic mass is 16.5. The first-order valence-corrected chi connectivity index (χ1v) is 11.1. The Morgan fingerprint density at radius 1 is 0.697 bits per heavy atom. The number of hydrogen-bond acceptors (Lipinski definition) is 4. The molecule has 0 N–H and O–H groups in total. The van der Waals surface area contributed by atoms with Crippen LogP contribution >= 0.6 is 0 Å². The van der Waals surface area contributed by atoms with Crippen LogP contribution in [0.15, 0.2) is 120 Å². The molecule has 0 saturated carbocycles. The molecule has 2 aliphatic rings. The lowest BCUT2D eigenvalue weighted by Gasteiger charge is -2.16. The van der Waals surface area contributed by atoms with Crippen molar-refractivity contribution in [1.82, 2.24) is 4.90 Å². The van der Waals surface area contributed by atoms with E-state index in [1.54, 1.807) is 12.1 Å². The van der Waals surface area contributed by atoms with E-state index in [1.165, 1.54) is 0 Å². The summed E-state index contributed by atoms with van der Waals surface area (Å²) in [5, 5.41) is 0. The second-order valence-corrected chi connectivity index (χ2v) is 8.29. The van der Waals surface area contributed by atoms with Crippen molar-refractivity contribution < 1.29 is 9.53 Å². The zero-order valence-electron chi connectivity index (χ0n) is 17.9. The number of esters is 1. The average Bonchev–Trinajstić information content (AvgIpc) is 3.48. The molecule has 0 spiro atoms. The van der Waals surface area contributed by atoms with Crippen LogP contribution in [0.1, 0.15) is 39.3 Å². The van der Waals surface area contributed by atoms with Crippen LogP contribution < -0.4 is 4.74 Å². The largest absolute Gasteiger partial charge is 0.423 e. The van der Waals surface area contributed by atoms with Gasteiger partial charge in [0.2, 0.25) is 0 Å². The molecule has 4 aromatic carbocycles. The third-order valence-electron chi connectivity index (χ3n) is 6.29. The second kappa shape index (κ2) is 8.15. The monoisotopic (exact) mass is 430 g/mol. The Kier molecular flexibility index (Phi) is 4.85. The molecular formula is C29H22N2O2. The van der Waals surface area contributed by atoms with Gasteiger partial charge in [-0.1, -0.05) is 97.1 Å². The van der Waals surface area contributed by atoms with Crippen LogP contribution in [0.5, 0.6) is 5.75 Å². The summed E-state index contributed by atoms with van der Waals surface area (Å²) in [4.78, 5) is 20.3. The maximum Gasteiger partial charge on any atom is 0.343 e. The van der Waals surface area contributed by atoms with Crippen molar-refractivity contribution in [3.05, 3.63) is 138 Å². The van der Waals surface area contributed by atoms with Crippen LogP contribution in [-0.4, -0.2) is 22.6 Å². The Balaban J connectivity index is 1.36. The molecule has 0 aliphatic carbocycles. The topological polar surface area (TPSA) is 41.7 Å². The third kappa shape index (κ3) is 3.55. The number of carbonyl (C=O) groups excluding carboxylic acids is 1. The van der Waals surface area contributed by atoms with Crippen molar-refractivity contribution in [2.75, 3.05) is 0 Å². The van der Waals surface area contributed by atoms with Gasteiger partial charge in [0, 0.05) is 5.56 Å². The van der Waals surface area contributed by atoms with Crippen LogP contribution in [0.25, 0.3) is 0 Å². The average molecular weight is 431 g/mol. The van der Waals surface area contributed by atoms with E-state index in [-0.39, 0.29) is 24.2 Å². The van der Waals surface area contributed by atoms with Crippen molar-refractivity contribution in [2.24, 2.45) is 4.99 Å². The lowest BCUT2D eigenvalue weighted by molar-refractivity contribution is 0.0732. The van der Waals surface area contributed by atoms with Crippen molar-refractivity contribution in [1.29, 1.82) is 0 Å². The standard InChI is InChI=1S/C29H22N2O2/c32-29(22-16-8-3-9-17-22)33-24-19-11-10-18-23(24)26-27-25(20-12-4-1-5-13-20)30-28(31(26)27)21-14-6-2-7-15-21/h1-19,26-28H. The molecule has 0 radical (unpaired) electrons. The van der Waals surface area contributed by atoms with E-state index in [2.05, 4.69) is 47.4 Å². The first kappa shape index (κ1) is 19.6. The molecular weight excluding hydrogens is 408 g/mol. The number of rotatable bonds is 5. The fraction of sp³-hybridized carbons (Fsp3) is 0.103. The van der Waals surface area contributed by atoms with Gasteiger partial charge >= 0.3 is 5.97 Å². The highest BCUT2D eigenvalue weighted by Gasteiger charge is 2.60. The van der Waals surface area contributed by atoms with Gasteiger partial charge in [-0.05, 0) is 29.3 Å². The third-order valence-corrected chi connectivity index (χ3v) is 6.29. The lowest BCUT2D eigenvalue weighted by atomic mass is 10.0. The van der Waals surface area contributed by atoms with E-state index < -0.39 is 0 Å². The quantitative estimate of drug-likeness (QED) is 0.227. The summed E-state index contributed by atoms with van der Waals surface area (Å²) in [6.07, 6.45) is -0.0608. The van der Waals surface area contributed by atoms with Crippen molar-refractivity contribution in [2.45, 2.75) is 18.2 Å². The number of carbonyl (C=O) groups is 1. The molecule has 33 heavy (non-hydrogen) atoms. The van der Waals surface area contributed by atoms with E-state index in [9.17, 15) is 4.79 Å². The number of aliphatic imine (C=N–C) groups is 1. The number of fused-ring (bicyclic) bond motifs is 1. The summed E-state index contributed by atoms with van der Waals surface area (Å²) >= 11 is 0. The normalized spacial score (nSPS) is 22.8. The predicted octanol–water partition coefficient (Wildman–Crippen LogP) is 5.83. The van der Waals surface area contributed by atoms with Crippen molar-refractivity contribution >= 4 is 11.7 Å². The van der Waals surface area contributed by atoms with E-state index in [1.807, 2.05) is 60.7 Å². The molecule has 4 atom stereocenters. The van der Waals surface area contributed by atoms with Gasteiger partial charge in [0.05, 0.1) is 23.4 Å². The van der Waals surface area contributed by atoms with Crippen LogP contribution in [0.3, 0.4) is 0 Å². The van der Waals surface area contributed by atoms with Gasteiger partial charge in [-0.25, -0.2) is 4.79 Å². The van der Waals surface area contributed by atoms with E-state index in [0.717, 1.165) is 22.4 Å². The van der Waals surface area contributed by atoms with Gasteiger partial charge in [-0.2, -0.15) is 0 Å². The van der Waals surface area contributed by atoms with Gasteiger partial charge in [0.1, 0.15) is 11.9 Å². The predicted molar refractivity (Wildman–Crippen MR) is 128 cm³/mol. The molecule has 1 fully saturated rings. The summed E-state index contributed by atoms with van der Waals surface area (Å²) in [6.45, 7) is 0. The Morgan fingerprint density at radius 3 is 2.03 bits per heavy atom. The molecule has 6 rings (SSSR count). The number of nitrogens with zero attached hydrogens (tertiary/aromatic N) is 2. The summed E-state index contributed by atoms with van der Waals surface area (Å²) in [5.41, 5.74) is 4.92. The Labute approximate surface area is 192 Å². The van der Waals surface area contributed by atoms with Crippen LogP contribution in [0.2, 0.25) is 0 Å². The SMILES string of the molecule is O=C(Oc1ccccc1C1C2C(c3ccccc3)=NC(c3ccccc3)N21)c1ccccc1.